The molecule has 0 unspecified atom stereocenters. The van der Waals surface area contributed by atoms with Crippen molar-refractivity contribution in [2.75, 3.05) is 11.4 Å². The first-order chi connectivity index (χ1) is 15.0. The Morgan fingerprint density at radius 2 is 1.55 bits per heavy atom. The van der Waals surface area contributed by atoms with Crippen LogP contribution < -0.4 is 4.90 Å². The van der Waals surface area contributed by atoms with Crippen molar-refractivity contribution < 1.29 is 17.2 Å². The fourth-order valence-electron chi connectivity index (χ4n) is 3.77. The van der Waals surface area contributed by atoms with Crippen LogP contribution in [0.2, 0.25) is 0 Å². The maximum Gasteiger partial charge on any atom is 0.236 e. The van der Waals surface area contributed by atoms with E-state index in [0.717, 1.165) is 24.1 Å². The summed E-state index contributed by atoms with van der Waals surface area (Å²) in [6, 6.07) is 22.0. The van der Waals surface area contributed by atoms with Crippen LogP contribution in [-0.2, 0) is 22.8 Å². The number of oxazole rings is 1. The molecule has 0 saturated heterocycles. The predicted octanol–water partition coefficient (Wildman–Crippen LogP) is 4.88. The van der Waals surface area contributed by atoms with Crippen molar-refractivity contribution in [3.05, 3.63) is 95.8 Å². The molecule has 7 heteroatoms. The molecule has 0 aliphatic carbocycles. The van der Waals surface area contributed by atoms with Crippen molar-refractivity contribution in [3.63, 3.8) is 0 Å². The summed E-state index contributed by atoms with van der Waals surface area (Å²) in [5, 5.41) is -0.155. The number of benzene rings is 3. The molecule has 0 N–H and O–H groups in total. The zero-order chi connectivity index (χ0) is 21.4. The van der Waals surface area contributed by atoms with E-state index >= 15 is 0 Å². The molecule has 4 aromatic rings. The Morgan fingerprint density at radius 3 is 2.29 bits per heavy atom. The molecule has 5 nitrogen and oxygen atoms in total. The highest BCUT2D eigenvalue weighted by Crippen LogP contribution is 2.36. The van der Waals surface area contributed by atoms with Gasteiger partial charge in [-0.3, -0.25) is 0 Å². The third kappa shape index (κ3) is 3.61. The molecular weight excluding hydrogens is 415 g/mol. The zero-order valence-corrected chi connectivity index (χ0v) is 17.3. The Balaban J connectivity index is 1.63. The largest absolute Gasteiger partial charge is 0.419 e. The van der Waals surface area contributed by atoms with Gasteiger partial charge in [0.25, 0.3) is 0 Å². The normalized spacial score (nSPS) is 13.8. The minimum Gasteiger partial charge on any atom is -0.419 e. The minimum absolute atomic E-state index is 0.0273. The number of nitrogens with zero attached hydrogens (tertiary/aromatic N) is 2. The highest BCUT2D eigenvalue weighted by Gasteiger charge is 2.32. The Morgan fingerprint density at radius 1 is 0.871 bits per heavy atom. The summed E-state index contributed by atoms with van der Waals surface area (Å²) in [7, 11) is -4.01. The van der Waals surface area contributed by atoms with Crippen LogP contribution in [-0.4, -0.2) is 19.9 Å². The predicted molar refractivity (Wildman–Crippen MR) is 115 cm³/mol. The molecule has 0 amide bonds. The molecule has 0 saturated carbocycles. The van der Waals surface area contributed by atoms with Crippen molar-refractivity contribution in [1.82, 2.24) is 4.98 Å². The summed E-state index contributed by atoms with van der Waals surface area (Å²) in [5.41, 5.74) is 3.04. The molecule has 156 valence electrons. The Labute approximate surface area is 179 Å². The first kappa shape index (κ1) is 19.5. The van der Waals surface area contributed by atoms with E-state index in [4.69, 9.17) is 4.42 Å². The van der Waals surface area contributed by atoms with Crippen molar-refractivity contribution >= 4 is 15.7 Å². The fraction of sp³-hybridized carbons (Fsp3) is 0.125. The lowest BCUT2D eigenvalue weighted by Gasteiger charge is -2.28. The number of hydrogen-bond donors (Lipinski definition) is 0. The van der Waals surface area contributed by atoms with Crippen LogP contribution >= 0.6 is 0 Å². The summed E-state index contributed by atoms with van der Waals surface area (Å²) in [5.74, 6) is -0.0650. The molecule has 31 heavy (non-hydrogen) atoms. The topological polar surface area (TPSA) is 63.4 Å². The van der Waals surface area contributed by atoms with Gasteiger partial charge in [0.05, 0.1) is 4.90 Å². The number of fused-ring (bicyclic) bond motifs is 1. The van der Waals surface area contributed by atoms with Gasteiger partial charge >= 0.3 is 0 Å². The Bertz CT molecular complexity index is 1330. The molecule has 1 aromatic heterocycles. The van der Waals surface area contributed by atoms with Gasteiger partial charge in [-0.25, -0.2) is 12.8 Å². The SMILES string of the molecule is O=S(=O)(c1ccc(F)cc1)c1nc(-c2ccccc2)oc1N1CCc2ccccc2C1. The lowest BCUT2D eigenvalue weighted by Crippen LogP contribution is -2.31. The molecule has 0 radical (unpaired) electrons. The molecule has 0 atom stereocenters. The minimum atomic E-state index is -4.01. The van der Waals surface area contributed by atoms with Gasteiger partial charge in [0.15, 0.2) is 0 Å². The Hall–Kier alpha value is -3.45. The quantitative estimate of drug-likeness (QED) is 0.429. The molecule has 1 aliphatic rings. The number of anilines is 1. The van der Waals surface area contributed by atoms with Crippen LogP contribution in [0.15, 0.2) is 93.2 Å². The summed E-state index contributed by atoms with van der Waals surface area (Å²) >= 11 is 0. The van der Waals surface area contributed by atoms with Gasteiger partial charge in [-0.2, -0.15) is 4.98 Å². The standard InChI is InChI=1S/C24H19FN2O3S/c25-20-10-12-21(13-11-20)31(28,29)23-24(30-22(26-23)18-7-2-1-3-8-18)27-15-14-17-6-4-5-9-19(17)16-27/h1-13H,14-16H2. The van der Waals surface area contributed by atoms with E-state index in [9.17, 15) is 12.8 Å². The first-order valence-electron chi connectivity index (χ1n) is 9.91. The Kier molecular flexibility index (Phi) is 4.82. The van der Waals surface area contributed by atoms with E-state index < -0.39 is 15.7 Å². The first-order valence-corrected chi connectivity index (χ1v) is 11.4. The van der Waals surface area contributed by atoms with E-state index in [-0.39, 0.29) is 21.7 Å². The van der Waals surface area contributed by atoms with Gasteiger partial charge in [-0.1, -0.05) is 42.5 Å². The molecule has 0 fully saturated rings. The van der Waals surface area contributed by atoms with Crippen molar-refractivity contribution in [2.45, 2.75) is 22.9 Å². The van der Waals surface area contributed by atoms with E-state index in [0.29, 0.717) is 18.7 Å². The molecular formula is C24H19FN2O3S. The summed E-state index contributed by atoms with van der Waals surface area (Å²) in [6.07, 6.45) is 0.771. The van der Waals surface area contributed by atoms with Gasteiger partial charge in [0.2, 0.25) is 26.6 Å². The van der Waals surface area contributed by atoms with Crippen LogP contribution in [0.1, 0.15) is 11.1 Å². The van der Waals surface area contributed by atoms with Gasteiger partial charge in [-0.05, 0) is 53.9 Å². The molecule has 3 aromatic carbocycles. The molecule has 2 heterocycles. The maximum absolute atomic E-state index is 13.4. The lowest BCUT2D eigenvalue weighted by atomic mass is 10.0. The van der Waals surface area contributed by atoms with Crippen LogP contribution in [0, 0.1) is 5.82 Å². The number of sulfone groups is 1. The number of rotatable bonds is 4. The summed E-state index contributed by atoms with van der Waals surface area (Å²) in [4.78, 5) is 6.27. The molecule has 5 rings (SSSR count). The molecule has 0 bridgehead atoms. The molecule has 0 spiro atoms. The average molecular weight is 434 g/mol. The smallest absolute Gasteiger partial charge is 0.236 e. The van der Waals surface area contributed by atoms with Gasteiger partial charge < -0.3 is 9.32 Å². The summed E-state index contributed by atoms with van der Waals surface area (Å²) in [6.45, 7) is 1.12. The molecule has 1 aliphatic heterocycles. The lowest BCUT2D eigenvalue weighted by molar-refractivity contribution is 0.533. The highest BCUT2D eigenvalue weighted by atomic mass is 32.2. The second kappa shape index (κ2) is 7.67. The second-order valence-corrected chi connectivity index (χ2v) is 9.26. The highest BCUT2D eigenvalue weighted by molar-refractivity contribution is 7.91. The van der Waals surface area contributed by atoms with E-state index in [1.165, 1.54) is 17.7 Å². The average Bonchev–Trinajstić information content (AvgIpc) is 3.26. The van der Waals surface area contributed by atoms with Crippen LogP contribution in [0.25, 0.3) is 11.5 Å². The van der Waals surface area contributed by atoms with E-state index in [1.54, 1.807) is 0 Å². The zero-order valence-electron chi connectivity index (χ0n) is 16.5. The number of aromatic nitrogens is 1. The van der Waals surface area contributed by atoms with Crippen molar-refractivity contribution in [3.8, 4) is 11.5 Å². The fourth-order valence-corrected chi connectivity index (χ4v) is 5.09. The van der Waals surface area contributed by atoms with E-state index in [2.05, 4.69) is 11.1 Å². The van der Waals surface area contributed by atoms with Gasteiger partial charge in [0.1, 0.15) is 5.82 Å². The maximum atomic E-state index is 13.4. The van der Waals surface area contributed by atoms with Crippen LogP contribution in [0.4, 0.5) is 10.3 Å². The van der Waals surface area contributed by atoms with E-state index in [1.807, 2.05) is 53.4 Å². The summed E-state index contributed by atoms with van der Waals surface area (Å²) < 4.78 is 46.3. The second-order valence-electron chi connectivity index (χ2n) is 7.39. The van der Waals surface area contributed by atoms with Gasteiger partial charge in [0, 0.05) is 18.7 Å². The third-order valence-electron chi connectivity index (χ3n) is 5.40. The number of halogens is 1. The van der Waals surface area contributed by atoms with Gasteiger partial charge in [-0.15, -0.1) is 0 Å². The number of hydrogen-bond acceptors (Lipinski definition) is 5. The monoisotopic (exact) mass is 434 g/mol. The van der Waals surface area contributed by atoms with Crippen molar-refractivity contribution in [2.24, 2.45) is 0 Å². The van der Waals surface area contributed by atoms with Crippen LogP contribution in [0.5, 0.6) is 0 Å². The van der Waals surface area contributed by atoms with Crippen molar-refractivity contribution in [1.29, 1.82) is 0 Å². The third-order valence-corrected chi connectivity index (χ3v) is 7.06. The van der Waals surface area contributed by atoms with Crippen LogP contribution in [0.3, 0.4) is 0 Å².